The third kappa shape index (κ3) is 3.66. The Kier molecular flexibility index (Phi) is 5.61. The van der Waals surface area contributed by atoms with Gasteiger partial charge in [0.25, 0.3) is 0 Å². The third-order valence-corrected chi connectivity index (χ3v) is 3.17. The molecular formula is C8H11N2NaO3S. The van der Waals surface area contributed by atoms with Gasteiger partial charge in [0.05, 0.1) is 4.90 Å². The van der Waals surface area contributed by atoms with Crippen LogP contribution in [0.4, 0.5) is 5.69 Å². The van der Waals surface area contributed by atoms with Crippen LogP contribution < -0.4 is 45.1 Å². The van der Waals surface area contributed by atoms with Gasteiger partial charge in [-0.2, -0.15) is 0 Å². The molecule has 0 saturated heterocycles. The van der Waals surface area contributed by atoms with E-state index in [1.165, 1.54) is 6.07 Å². The summed E-state index contributed by atoms with van der Waals surface area (Å²) in [7, 11) is -3.52. The van der Waals surface area contributed by atoms with Crippen LogP contribution in [0.25, 0.3) is 0 Å². The first kappa shape index (κ1) is 14.7. The van der Waals surface area contributed by atoms with Crippen LogP contribution in [0.15, 0.2) is 23.1 Å². The van der Waals surface area contributed by atoms with Crippen molar-refractivity contribution in [3.05, 3.63) is 18.2 Å². The van der Waals surface area contributed by atoms with E-state index in [9.17, 15) is 13.5 Å². The minimum Gasteiger partial charge on any atom is -0.871 e. The van der Waals surface area contributed by atoms with Crippen molar-refractivity contribution in [1.29, 1.82) is 0 Å². The van der Waals surface area contributed by atoms with E-state index >= 15 is 0 Å². The van der Waals surface area contributed by atoms with E-state index in [-0.39, 0.29) is 45.9 Å². The van der Waals surface area contributed by atoms with Gasteiger partial charge in [0.15, 0.2) is 0 Å². The minimum atomic E-state index is -3.52. The van der Waals surface area contributed by atoms with Gasteiger partial charge < -0.3 is 10.8 Å². The molecule has 0 bridgehead atoms. The topological polar surface area (TPSA) is 95.2 Å². The van der Waals surface area contributed by atoms with Crippen LogP contribution in [0.1, 0.15) is 6.92 Å². The molecule has 1 aromatic carbocycles. The second kappa shape index (κ2) is 5.72. The average Bonchev–Trinajstić information content (AvgIpc) is 2.09. The maximum atomic E-state index is 11.4. The number of hydrogen-bond acceptors (Lipinski definition) is 4. The van der Waals surface area contributed by atoms with Gasteiger partial charge in [-0.05, 0) is 12.1 Å². The molecule has 0 aliphatic heterocycles. The van der Waals surface area contributed by atoms with Crippen LogP contribution in [-0.2, 0) is 10.0 Å². The number of sulfonamides is 1. The number of rotatable bonds is 3. The summed E-state index contributed by atoms with van der Waals surface area (Å²) >= 11 is 0. The van der Waals surface area contributed by atoms with Gasteiger partial charge in [0.2, 0.25) is 10.0 Å². The van der Waals surface area contributed by atoms with Gasteiger partial charge in [-0.1, -0.05) is 18.7 Å². The summed E-state index contributed by atoms with van der Waals surface area (Å²) in [6.07, 6.45) is 0. The van der Waals surface area contributed by atoms with Gasteiger partial charge in [0.1, 0.15) is 0 Å². The van der Waals surface area contributed by atoms with E-state index in [0.29, 0.717) is 6.54 Å². The molecule has 1 rings (SSSR count). The second-order valence-corrected chi connectivity index (χ2v) is 4.47. The Bertz CT molecular complexity index is 434. The van der Waals surface area contributed by atoms with Gasteiger partial charge in [-0.25, -0.2) is 13.1 Å². The van der Waals surface area contributed by atoms with E-state index in [0.717, 1.165) is 12.1 Å². The average molecular weight is 238 g/mol. The smallest absolute Gasteiger partial charge is 0.871 e. The summed E-state index contributed by atoms with van der Waals surface area (Å²) in [6.45, 7) is 1.96. The van der Waals surface area contributed by atoms with Crippen molar-refractivity contribution in [1.82, 2.24) is 4.72 Å². The van der Waals surface area contributed by atoms with Crippen molar-refractivity contribution in [3.8, 4) is 5.75 Å². The molecule has 7 heteroatoms. The maximum absolute atomic E-state index is 11.4. The molecule has 0 unspecified atom stereocenters. The summed E-state index contributed by atoms with van der Waals surface area (Å²) in [5, 5.41) is 10.9. The second-order valence-electron chi connectivity index (χ2n) is 2.70. The Morgan fingerprint density at radius 2 is 2.07 bits per heavy atom. The Labute approximate surface area is 111 Å². The third-order valence-electron chi connectivity index (χ3n) is 1.63. The number of nitrogen functional groups attached to an aromatic ring is 1. The van der Waals surface area contributed by atoms with E-state index in [1.807, 2.05) is 0 Å². The summed E-state index contributed by atoms with van der Waals surface area (Å²) in [6, 6.07) is 3.52. The van der Waals surface area contributed by atoms with Crippen LogP contribution in [0.3, 0.4) is 0 Å². The molecule has 0 spiro atoms. The number of benzene rings is 1. The Morgan fingerprint density at radius 1 is 1.47 bits per heavy atom. The molecule has 78 valence electrons. The first-order valence-corrected chi connectivity index (χ1v) is 5.52. The van der Waals surface area contributed by atoms with E-state index in [4.69, 9.17) is 5.73 Å². The maximum Gasteiger partial charge on any atom is 1.00 e. The Hall–Kier alpha value is -0.270. The zero-order valence-corrected chi connectivity index (χ0v) is 11.5. The summed E-state index contributed by atoms with van der Waals surface area (Å²) in [4.78, 5) is 0.0106. The quantitative estimate of drug-likeness (QED) is 0.425. The van der Waals surface area contributed by atoms with Crippen LogP contribution in [0.5, 0.6) is 5.75 Å². The molecular weight excluding hydrogens is 227 g/mol. The van der Waals surface area contributed by atoms with Crippen molar-refractivity contribution in [2.24, 2.45) is 0 Å². The Morgan fingerprint density at radius 3 is 2.53 bits per heavy atom. The molecule has 0 fully saturated rings. The first-order valence-electron chi connectivity index (χ1n) is 4.03. The number of hydrogen-bond donors (Lipinski definition) is 2. The van der Waals surface area contributed by atoms with Crippen LogP contribution in [-0.4, -0.2) is 15.0 Å². The van der Waals surface area contributed by atoms with E-state index in [1.54, 1.807) is 6.92 Å². The van der Waals surface area contributed by atoms with Crippen LogP contribution >= 0.6 is 0 Å². The van der Waals surface area contributed by atoms with E-state index < -0.39 is 10.0 Å². The SMILES string of the molecule is CCNS(=O)(=O)c1ccc([O-])c(N)c1.[Na+]. The van der Waals surface area contributed by atoms with E-state index in [2.05, 4.69) is 4.72 Å². The summed E-state index contributed by atoms with van der Waals surface area (Å²) < 4.78 is 25.2. The summed E-state index contributed by atoms with van der Waals surface area (Å²) in [5.41, 5.74) is 5.24. The largest absolute Gasteiger partial charge is 1.00 e. The fourth-order valence-corrected chi connectivity index (χ4v) is 2.04. The fraction of sp³-hybridized carbons (Fsp3) is 0.250. The van der Waals surface area contributed by atoms with Crippen LogP contribution in [0, 0.1) is 0 Å². The van der Waals surface area contributed by atoms with Gasteiger partial charge in [-0.3, -0.25) is 0 Å². The molecule has 0 radical (unpaired) electrons. The number of anilines is 1. The molecule has 0 atom stereocenters. The first-order chi connectivity index (χ1) is 6.47. The normalized spacial score (nSPS) is 10.7. The zero-order valence-electron chi connectivity index (χ0n) is 8.65. The number of nitrogens with one attached hydrogen (secondary N) is 1. The van der Waals surface area contributed by atoms with Crippen molar-refractivity contribution in [3.63, 3.8) is 0 Å². The molecule has 0 heterocycles. The molecule has 5 nitrogen and oxygen atoms in total. The monoisotopic (exact) mass is 238 g/mol. The molecule has 0 aromatic heterocycles. The fourth-order valence-electron chi connectivity index (χ4n) is 0.967. The predicted molar refractivity (Wildman–Crippen MR) is 51.2 cm³/mol. The standard InChI is InChI=1S/C8H12N2O3S.Na/c1-2-10-14(12,13)6-3-4-8(11)7(9)5-6;/h3-5,10-11H,2,9H2,1H3;/q;+1/p-1. The molecule has 0 aliphatic carbocycles. The predicted octanol–water partition coefficient (Wildman–Crippen LogP) is -3.36. The minimum absolute atomic E-state index is 0. The van der Waals surface area contributed by atoms with Crippen molar-refractivity contribution in [2.75, 3.05) is 12.3 Å². The number of nitrogens with two attached hydrogens (primary N) is 1. The van der Waals surface area contributed by atoms with Gasteiger partial charge in [-0.15, -0.1) is 0 Å². The molecule has 1 aromatic rings. The molecule has 0 aliphatic rings. The molecule has 0 saturated carbocycles. The molecule has 15 heavy (non-hydrogen) atoms. The molecule has 0 amide bonds. The van der Waals surface area contributed by atoms with Crippen molar-refractivity contribution < 1.29 is 43.1 Å². The van der Waals surface area contributed by atoms with Crippen molar-refractivity contribution in [2.45, 2.75) is 11.8 Å². The van der Waals surface area contributed by atoms with Crippen molar-refractivity contribution >= 4 is 15.7 Å². The Balaban J connectivity index is 0.00000196. The van der Waals surface area contributed by atoms with Crippen LogP contribution in [0.2, 0.25) is 0 Å². The molecule has 3 N–H and O–H groups in total. The van der Waals surface area contributed by atoms with Gasteiger partial charge >= 0.3 is 29.6 Å². The van der Waals surface area contributed by atoms with Gasteiger partial charge in [0, 0.05) is 12.2 Å². The summed E-state index contributed by atoms with van der Waals surface area (Å²) in [5.74, 6) is -0.375. The zero-order chi connectivity index (χ0) is 10.8.